The molecule has 0 unspecified atom stereocenters. The molecule has 208 valence electrons. The summed E-state index contributed by atoms with van der Waals surface area (Å²) in [7, 11) is 0. The van der Waals surface area contributed by atoms with Gasteiger partial charge in [0.05, 0.1) is 5.56 Å². The molecule has 0 bridgehead atoms. The number of hydroxylamine groups is 2. The summed E-state index contributed by atoms with van der Waals surface area (Å²) in [5.41, 5.74) is -0.143. The summed E-state index contributed by atoms with van der Waals surface area (Å²) in [6.07, 6.45) is 2.01. The first-order valence-electron chi connectivity index (χ1n) is 12.9. The molecule has 3 N–H and O–H groups in total. The molecule has 40 heavy (non-hydrogen) atoms. The van der Waals surface area contributed by atoms with Gasteiger partial charge in [0.15, 0.2) is 5.41 Å². The Bertz CT molecular complexity index is 1300. The van der Waals surface area contributed by atoms with Gasteiger partial charge in [0.25, 0.3) is 11.8 Å². The molecule has 2 aromatic rings. The highest BCUT2D eigenvalue weighted by Gasteiger charge is 2.51. The minimum absolute atomic E-state index is 0.00961. The van der Waals surface area contributed by atoms with Crippen LogP contribution >= 0.6 is 0 Å². The van der Waals surface area contributed by atoms with E-state index in [1.165, 1.54) is 12.1 Å². The van der Waals surface area contributed by atoms with E-state index in [1.807, 2.05) is 0 Å². The summed E-state index contributed by atoms with van der Waals surface area (Å²) in [4.78, 5) is 89.7. The number of hydrogen-bond donors (Lipinski definition) is 3. The zero-order valence-corrected chi connectivity index (χ0v) is 21.6. The Morgan fingerprint density at radius 3 is 2.08 bits per heavy atom. The Morgan fingerprint density at radius 2 is 1.45 bits per heavy atom. The second-order valence-electron chi connectivity index (χ2n) is 9.50. The van der Waals surface area contributed by atoms with Crippen molar-refractivity contribution in [3.05, 3.63) is 71.3 Å². The molecular weight excluding hydrogens is 520 g/mol. The first-order chi connectivity index (χ1) is 19.2. The highest BCUT2D eigenvalue weighted by Crippen LogP contribution is 2.33. The number of nitrogens with zero attached hydrogens (tertiary/aromatic N) is 1. The number of amides is 7. The molecule has 0 radical (unpaired) electrons. The van der Waals surface area contributed by atoms with Crippen LogP contribution < -0.4 is 16.0 Å². The zero-order valence-electron chi connectivity index (χ0n) is 21.6. The van der Waals surface area contributed by atoms with E-state index in [4.69, 9.17) is 4.84 Å². The Morgan fingerprint density at radius 1 is 0.825 bits per heavy atom. The third kappa shape index (κ3) is 6.22. The van der Waals surface area contributed by atoms with E-state index < -0.39 is 41.0 Å². The van der Waals surface area contributed by atoms with Gasteiger partial charge in [0.1, 0.15) is 0 Å². The van der Waals surface area contributed by atoms with E-state index in [2.05, 4.69) is 16.0 Å². The van der Waals surface area contributed by atoms with Gasteiger partial charge in [-0.05, 0) is 36.1 Å². The van der Waals surface area contributed by atoms with Crippen LogP contribution in [0.25, 0.3) is 0 Å². The van der Waals surface area contributed by atoms with E-state index in [-0.39, 0.29) is 43.7 Å². The van der Waals surface area contributed by atoms with Gasteiger partial charge in [-0.15, -0.1) is 5.06 Å². The summed E-state index contributed by atoms with van der Waals surface area (Å²) in [6, 6.07) is 13.9. The topological polar surface area (TPSA) is 168 Å². The van der Waals surface area contributed by atoms with Crippen molar-refractivity contribution < 1.29 is 38.4 Å². The molecule has 12 heteroatoms. The fraction of sp³-hybridized carbons (Fsp3) is 0.321. The van der Waals surface area contributed by atoms with E-state index in [1.54, 1.807) is 42.5 Å². The normalized spacial score (nSPS) is 16.4. The summed E-state index contributed by atoms with van der Waals surface area (Å²) < 4.78 is 0. The number of urea groups is 1. The highest BCUT2D eigenvalue weighted by molar-refractivity contribution is 6.22. The van der Waals surface area contributed by atoms with Crippen molar-refractivity contribution in [1.29, 1.82) is 0 Å². The van der Waals surface area contributed by atoms with E-state index in [9.17, 15) is 33.6 Å². The lowest BCUT2D eigenvalue weighted by Crippen LogP contribution is -2.64. The molecule has 12 nitrogen and oxygen atoms in total. The van der Waals surface area contributed by atoms with Gasteiger partial charge in [-0.25, -0.2) is 9.59 Å². The van der Waals surface area contributed by atoms with Gasteiger partial charge in [-0.1, -0.05) is 55.3 Å². The SMILES string of the molecule is O=C(CCCCCC1(c2ccccc2)C(=O)NC(=O)NC1=O)NCc1ccc(C(=O)ON2C(=O)CCC2=O)cc1. The Hall–Kier alpha value is -4.87. The summed E-state index contributed by atoms with van der Waals surface area (Å²) in [5, 5.41) is 7.66. The fourth-order valence-corrected chi connectivity index (χ4v) is 4.60. The van der Waals surface area contributed by atoms with Crippen molar-refractivity contribution in [2.24, 2.45) is 0 Å². The molecule has 2 fully saturated rings. The number of imide groups is 3. The minimum Gasteiger partial charge on any atom is -0.352 e. The standard InChI is InChI=1S/C28H28N4O8/c33-21(29-17-18-10-12-19(13-11-18)24(36)40-32-22(34)14-15-23(32)35)9-5-2-6-16-28(20-7-3-1-4-8-20)25(37)30-27(39)31-26(28)38/h1,3-4,7-8,10-13H,2,5-6,9,14-17H2,(H,29,33)(H2,30,31,37,38,39). The summed E-state index contributed by atoms with van der Waals surface area (Å²) in [6.45, 7) is 0.225. The second kappa shape index (κ2) is 12.3. The molecule has 2 aliphatic rings. The maximum Gasteiger partial charge on any atom is 0.363 e. The van der Waals surface area contributed by atoms with Crippen molar-refractivity contribution in [3.63, 3.8) is 0 Å². The number of unbranched alkanes of at least 4 members (excludes halogenated alkanes) is 2. The van der Waals surface area contributed by atoms with Crippen molar-refractivity contribution in [1.82, 2.24) is 21.0 Å². The van der Waals surface area contributed by atoms with Crippen LogP contribution in [-0.4, -0.2) is 46.6 Å². The average molecular weight is 549 g/mol. The number of rotatable bonds is 11. The molecule has 0 spiro atoms. The number of barbiturate groups is 1. The first kappa shape index (κ1) is 28.1. The third-order valence-electron chi connectivity index (χ3n) is 6.81. The molecule has 2 aliphatic heterocycles. The van der Waals surface area contributed by atoms with Gasteiger partial charge >= 0.3 is 12.0 Å². The van der Waals surface area contributed by atoms with E-state index in [0.717, 1.165) is 5.56 Å². The number of hydrogen-bond acceptors (Lipinski definition) is 8. The largest absolute Gasteiger partial charge is 0.363 e. The molecule has 0 saturated carbocycles. The Balaban J connectivity index is 1.21. The van der Waals surface area contributed by atoms with Crippen molar-refractivity contribution in [2.45, 2.75) is 56.9 Å². The van der Waals surface area contributed by atoms with Crippen molar-refractivity contribution in [2.75, 3.05) is 0 Å². The molecule has 0 atom stereocenters. The quantitative estimate of drug-likeness (QED) is 0.217. The van der Waals surface area contributed by atoms with Crippen LogP contribution in [0.1, 0.15) is 66.4 Å². The fourth-order valence-electron chi connectivity index (χ4n) is 4.60. The summed E-state index contributed by atoms with van der Waals surface area (Å²) >= 11 is 0. The lowest BCUT2D eigenvalue weighted by atomic mass is 9.73. The predicted molar refractivity (Wildman–Crippen MR) is 138 cm³/mol. The van der Waals surface area contributed by atoms with Crippen molar-refractivity contribution in [3.8, 4) is 0 Å². The number of carbonyl (C=O) groups excluding carboxylic acids is 7. The Labute approximate surface area is 229 Å². The predicted octanol–water partition coefficient (Wildman–Crippen LogP) is 1.78. The molecule has 0 aliphatic carbocycles. The lowest BCUT2D eigenvalue weighted by molar-refractivity contribution is -0.172. The average Bonchev–Trinajstić information content (AvgIpc) is 3.26. The summed E-state index contributed by atoms with van der Waals surface area (Å²) in [5.74, 6) is -3.47. The monoisotopic (exact) mass is 548 g/mol. The molecule has 0 aromatic heterocycles. The molecule has 4 rings (SSSR count). The van der Waals surface area contributed by atoms with Gasteiger partial charge in [0.2, 0.25) is 17.7 Å². The molecule has 2 saturated heterocycles. The lowest BCUT2D eigenvalue weighted by Gasteiger charge is -2.34. The second-order valence-corrected chi connectivity index (χ2v) is 9.50. The van der Waals surface area contributed by atoms with Crippen LogP contribution in [0.2, 0.25) is 0 Å². The number of benzene rings is 2. The third-order valence-corrected chi connectivity index (χ3v) is 6.81. The smallest absolute Gasteiger partial charge is 0.352 e. The highest BCUT2D eigenvalue weighted by atomic mass is 16.7. The molecule has 7 amide bonds. The maximum atomic E-state index is 12.8. The first-order valence-corrected chi connectivity index (χ1v) is 12.9. The van der Waals surface area contributed by atoms with Crippen LogP contribution in [-0.2, 0) is 40.8 Å². The van der Waals surface area contributed by atoms with Gasteiger partial charge < -0.3 is 10.2 Å². The number of nitrogens with one attached hydrogen (secondary N) is 3. The van der Waals surface area contributed by atoms with Gasteiger partial charge in [0, 0.05) is 25.8 Å². The van der Waals surface area contributed by atoms with Crippen molar-refractivity contribution >= 4 is 41.5 Å². The van der Waals surface area contributed by atoms with E-state index in [0.29, 0.717) is 29.9 Å². The molecule has 2 heterocycles. The Kier molecular flexibility index (Phi) is 8.67. The van der Waals surface area contributed by atoms with Gasteiger partial charge in [-0.2, -0.15) is 0 Å². The van der Waals surface area contributed by atoms with Crippen LogP contribution in [0.5, 0.6) is 0 Å². The van der Waals surface area contributed by atoms with Gasteiger partial charge in [-0.3, -0.25) is 34.6 Å². The zero-order chi connectivity index (χ0) is 28.7. The van der Waals surface area contributed by atoms with Crippen LogP contribution in [0.4, 0.5) is 4.79 Å². The number of carbonyl (C=O) groups is 7. The molecule has 2 aromatic carbocycles. The minimum atomic E-state index is -1.52. The van der Waals surface area contributed by atoms with Crippen LogP contribution in [0.15, 0.2) is 54.6 Å². The maximum absolute atomic E-state index is 12.8. The molecular formula is C28H28N4O8. The van der Waals surface area contributed by atoms with E-state index >= 15 is 0 Å². The van der Waals surface area contributed by atoms with Crippen LogP contribution in [0.3, 0.4) is 0 Å². The van der Waals surface area contributed by atoms with Crippen LogP contribution in [0, 0.1) is 0 Å².